The fraction of sp³-hybridized carbons (Fsp3) is 0. The minimum Gasteiger partial charge on any atom is -0.473 e. The van der Waals surface area contributed by atoms with E-state index in [1.54, 1.807) is 0 Å². The third-order valence-corrected chi connectivity index (χ3v) is 0.183. The van der Waals surface area contributed by atoms with Gasteiger partial charge >= 0.3 is 11.9 Å². The van der Waals surface area contributed by atoms with Gasteiger partial charge in [0.2, 0.25) is 0 Å². The quantitative estimate of drug-likeness (QED) is 0.401. The molecule has 0 aliphatic heterocycles. The zero-order chi connectivity index (χ0) is 5.15. The number of carbonyl (C=O) groups is 2. The van der Waals surface area contributed by atoms with E-state index >= 15 is 0 Å². The predicted molar refractivity (Wildman–Crippen MR) is 15.3 cm³/mol. The van der Waals surface area contributed by atoms with Crippen molar-refractivity contribution >= 4 is 11.9 Å². The van der Waals surface area contributed by atoms with Crippen molar-refractivity contribution in [3.05, 3.63) is 0 Å². The molecule has 0 atom stereocenters. The van der Waals surface area contributed by atoms with Crippen LogP contribution in [0.5, 0.6) is 0 Å². The van der Waals surface area contributed by atoms with Gasteiger partial charge < -0.3 is 10.2 Å². The molecule has 6 heteroatoms. The summed E-state index contributed by atoms with van der Waals surface area (Å²) in [6.45, 7) is 0. The molecule has 0 aromatic rings. The SMILES string of the molecule is O=C(O)C(=O)O.[Ni].[Ni]. The van der Waals surface area contributed by atoms with Gasteiger partial charge in [-0.1, -0.05) is 0 Å². The summed E-state index contributed by atoms with van der Waals surface area (Å²) in [5.41, 5.74) is 0. The zero-order valence-corrected chi connectivity index (χ0v) is 5.32. The number of hydrogen-bond donors (Lipinski definition) is 2. The molecule has 0 aliphatic carbocycles. The van der Waals surface area contributed by atoms with E-state index in [4.69, 9.17) is 19.8 Å². The maximum absolute atomic E-state index is 9.10. The molecule has 0 spiro atoms. The average molecular weight is 207 g/mol. The molecule has 0 heterocycles. The number of carboxylic acid groups (broad SMARTS) is 2. The second-order valence-electron chi connectivity index (χ2n) is 0.610. The van der Waals surface area contributed by atoms with Crippen LogP contribution in [0, 0.1) is 0 Å². The molecule has 2 N–H and O–H groups in total. The van der Waals surface area contributed by atoms with Crippen LogP contribution in [0.15, 0.2) is 0 Å². The van der Waals surface area contributed by atoms with Crippen LogP contribution in [-0.2, 0) is 42.6 Å². The van der Waals surface area contributed by atoms with Gasteiger partial charge in [0.1, 0.15) is 0 Å². The summed E-state index contributed by atoms with van der Waals surface area (Å²) < 4.78 is 0. The molecule has 0 amide bonds. The summed E-state index contributed by atoms with van der Waals surface area (Å²) in [6, 6.07) is 0. The number of aliphatic carboxylic acids is 2. The maximum Gasteiger partial charge on any atom is 0.414 e. The summed E-state index contributed by atoms with van der Waals surface area (Å²) >= 11 is 0. The Labute approximate surface area is 65.1 Å². The smallest absolute Gasteiger partial charge is 0.414 e. The van der Waals surface area contributed by atoms with E-state index in [1.165, 1.54) is 0 Å². The molecule has 0 saturated heterocycles. The monoisotopic (exact) mass is 206 g/mol. The first-order valence-corrected chi connectivity index (χ1v) is 1.11. The Morgan fingerprint density at radius 1 is 0.875 bits per heavy atom. The van der Waals surface area contributed by atoms with Crippen LogP contribution < -0.4 is 0 Å². The van der Waals surface area contributed by atoms with E-state index in [9.17, 15) is 0 Å². The largest absolute Gasteiger partial charge is 0.473 e. The molecule has 0 unspecified atom stereocenters. The number of carboxylic acids is 2. The fourth-order valence-corrected chi connectivity index (χ4v) is 0. The van der Waals surface area contributed by atoms with Gasteiger partial charge in [0.15, 0.2) is 0 Å². The molecule has 0 rings (SSSR count). The topological polar surface area (TPSA) is 74.6 Å². The van der Waals surface area contributed by atoms with Gasteiger partial charge in [-0.15, -0.1) is 0 Å². The van der Waals surface area contributed by atoms with Crippen molar-refractivity contribution in [3.8, 4) is 0 Å². The minimum absolute atomic E-state index is 0. The van der Waals surface area contributed by atoms with E-state index in [0.29, 0.717) is 0 Å². The number of hydrogen-bond acceptors (Lipinski definition) is 2. The van der Waals surface area contributed by atoms with Crippen molar-refractivity contribution in [2.24, 2.45) is 0 Å². The van der Waals surface area contributed by atoms with Crippen LogP contribution in [0.25, 0.3) is 0 Å². The van der Waals surface area contributed by atoms with Crippen LogP contribution in [0.3, 0.4) is 0 Å². The zero-order valence-electron chi connectivity index (χ0n) is 3.34. The van der Waals surface area contributed by atoms with Crippen LogP contribution in [0.4, 0.5) is 0 Å². The molecule has 54 valence electrons. The third kappa shape index (κ3) is 9.33. The van der Waals surface area contributed by atoms with Gasteiger partial charge in [-0.2, -0.15) is 0 Å². The molecular formula is C2H2Ni2O4. The second kappa shape index (κ2) is 6.93. The van der Waals surface area contributed by atoms with Gasteiger partial charge in [-0.25, -0.2) is 9.59 Å². The Morgan fingerprint density at radius 2 is 1.00 bits per heavy atom. The van der Waals surface area contributed by atoms with Crippen molar-refractivity contribution in [1.82, 2.24) is 0 Å². The summed E-state index contributed by atoms with van der Waals surface area (Å²) in [5, 5.41) is 14.8. The summed E-state index contributed by atoms with van der Waals surface area (Å²) in [5.74, 6) is -3.65. The maximum atomic E-state index is 9.10. The van der Waals surface area contributed by atoms with Crippen molar-refractivity contribution < 1.29 is 52.8 Å². The van der Waals surface area contributed by atoms with E-state index in [2.05, 4.69) is 0 Å². The number of rotatable bonds is 0. The average Bonchev–Trinajstić information content (AvgIpc) is 1.36. The summed E-state index contributed by atoms with van der Waals surface area (Å²) in [4.78, 5) is 18.2. The van der Waals surface area contributed by atoms with Crippen molar-refractivity contribution in [2.45, 2.75) is 0 Å². The molecule has 0 aliphatic rings. The Balaban J connectivity index is -0.000000125. The second-order valence-corrected chi connectivity index (χ2v) is 0.610. The Kier molecular flexibility index (Phi) is 13.6. The minimum atomic E-state index is -1.82. The van der Waals surface area contributed by atoms with Crippen molar-refractivity contribution in [1.29, 1.82) is 0 Å². The van der Waals surface area contributed by atoms with Crippen LogP contribution in [0.2, 0.25) is 0 Å². The summed E-state index contributed by atoms with van der Waals surface area (Å²) in [6.07, 6.45) is 0. The van der Waals surface area contributed by atoms with Crippen molar-refractivity contribution in [2.75, 3.05) is 0 Å². The molecule has 4 nitrogen and oxygen atoms in total. The molecule has 0 bridgehead atoms. The van der Waals surface area contributed by atoms with Crippen LogP contribution in [-0.4, -0.2) is 22.2 Å². The molecule has 8 heavy (non-hydrogen) atoms. The van der Waals surface area contributed by atoms with E-state index in [0.717, 1.165) is 0 Å². The predicted octanol–water partition coefficient (Wildman–Crippen LogP) is -0.849. The molecular weight excluding hydrogens is 205 g/mol. The molecule has 0 saturated carbocycles. The third-order valence-electron chi connectivity index (χ3n) is 0.183. The molecule has 0 aromatic carbocycles. The molecule has 0 aromatic heterocycles. The first-order chi connectivity index (χ1) is 2.64. The molecule has 0 radical (unpaired) electrons. The van der Waals surface area contributed by atoms with E-state index < -0.39 is 11.9 Å². The van der Waals surface area contributed by atoms with Gasteiger partial charge in [-0.05, 0) is 0 Å². The Morgan fingerprint density at radius 3 is 1.00 bits per heavy atom. The van der Waals surface area contributed by atoms with E-state index in [-0.39, 0.29) is 33.0 Å². The van der Waals surface area contributed by atoms with Gasteiger partial charge in [-0.3, -0.25) is 0 Å². The van der Waals surface area contributed by atoms with Crippen molar-refractivity contribution in [3.63, 3.8) is 0 Å². The fourth-order valence-electron chi connectivity index (χ4n) is 0. The van der Waals surface area contributed by atoms with Crippen LogP contribution in [0.1, 0.15) is 0 Å². The van der Waals surface area contributed by atoms with Gasteiger partial charge in [0, 0.05) is 33.0 Å². The first kappa shape index (κ1) is 15.7. The molecule has 0 fully saturated rings. The summed E-state index contributed by atoms with van der Waals surface area (Å²) in [7, 11) is 0. The normalized spacial score (nSPS) is 5.50. The standard InChI is InChI=1S/C2H2O4.2Ni/c3-1(4)2(5)6;;/h(H,3,4)(H,5,6);;. The Hall–Kier alpha value is -0.0730. The van der Waals surface area contributed by atoms with Gasteiger partial charge in [0.05, 0.1) is 0 Å². The van der Waals surface area contributed by atoms with E-state index in [1.807, 2.05) is 0 Å². The first-order valence-electron chi connectivity index (χ1n) is 1.11. The van der Waals surface area contributed by atoms with Crippen LogP contribution >= 0.6 is 0 Å². The Bertz CT molecular complexity index is 78.0. The van der Waals surface area contributed by atoms with Gasteiger partial charge in [0.25, 0.3) is 0 Å².